The van der Waals surface area contributed by atoms with Gasteiger partial charge in [0, 0.05) is 17.0 Å². The number of rotatable bonds is 5. The molecule has 0 atom stereocenters. The van der Waals surface area contributed by atoms with E-state index >= 15 is 0 Å². The molecule has 0 spiro atoms. The Morgan fingerprint density at radius 2 is 1.85 bits per heavy atom. The Labute approximate surface area is 160 Å². The van der Waals surface area contributed by atoms with E-state index < -0.39 is 0 Å². The second-order valence-electron chi connectivity index (χ2n) is 6.28. The van der Waals surface area contributed by atoms with E-state index in [4.69, 9.17) is 11.6 Å². The SMILES string of the molecule is O=C(Cn1ncn2c(cc3ccccc32)c1=O)NCCc1ccc(Cl)cc1. The van der Waals surface area contributed by atoms with Crippen LogP contribution in [0.1, 0.15) is 5.56 Å². The van der Waals surface area contributed by atoms with E-state index in [0.29, 0.717) is 23.5 Å². The first-order valence-electron chi connectivity index (χ1n) is 8.59. The van der Waals surface area contributed by atoms with Crippen molar-refractivity contribution in [1.29, 1.82) is 0 Å². The summed E-state index contributed by atoms with van der Waals surface area (Å²) >= 11 is 5.86. The number of carbonyl (C=O) groups is 1. The molecule has 0 radical (unpaired) electrons. The van der Waals surface area contributed by atoms with Crippen molar-refractivity contribution in [1.82, 2.24) is 19.5 Å². The molecule has 1 amide bonds. The Bertz CT molecular complexity index is 1180. The van der Waals surface area contributed by atoms with E-state index in [-0.39, 0.29) is 18.0 Å². The maximum Gasteiger partial charge on any atom is 0.291 e. The number of nitrogens with zero attached hydrogens (tertiary/aromatic N) is 3. The lowest BCUT2D eigenvalue weighted by Gasteiger charge is -2.07. The lowest BCUT2D eigenvalue weighted by molar-refractivity contribution is -0.121. The van der Waals surface area contributed by atoms with E-state index in [2.05, 4.69) is 10.4 Å². The lowest BCUT2D eigenvalue weighted by Crippen LogP contribution is -2.35. The largest absolute Gasteiger partial charge is 0.354 e. The fourth-order valence-corrected chi connectivity index (χ4v) is 3.19. The van der Waals surface area contributed by atoms with Crippen LogP contribution < -0.4 is 10.9 Å². The summed E-state index contributed by atoms with van der Waals surface area (Å²) in [6.45, 7) is 0.365. The van der Waals surface area contributed by atoms with Crippen molar-refractivity contribution < 1.29 is 4.79 Å². The molecule has 2 aromatic carbocycles. The predicted octanol–water partition coefficient (Wildman–Crippen LogP) is 2.66. The van der Waals surface area contributed by atoms with Gasteiger partial charge in [0.1, 0.15) is 18.4 Å². The third-order valence-electron chi connectivity index (χ3n) is 4.45. The Morgan fingerprint density at radius 1 is 1.07 bits per heavy atom. The second-order valence-corrected chi connectivity index (χ2v) is 6.71. The van der Waals surface area contributed by atoms with Gasteiger partial charge in [-0.1, -0.05) is 41.9 Å². The zero-order chi connectivity index (χ0) is 18.8. The maximum absolute atomic E-state index is 12.6. The maximum atomic E-state index is 12.6. The monoisotopic (exact) mass is 380 g/mol. The molecule has 27 heavy (non-hydrogen) atoms. The number of aromatic nitrogens is 3. The molecule has 0 saturated heterocycles. The van der Waals surface area contributed by atoms with Gasteiger partial charge in [-0.05, 0) is 36.2 Å². The first kappa shape index (κ1) is 17.3. The van der Waals surface area contributed by atoms with Crippen LogP contribution in [0.25, 0.3) is 16.4 Å². The fourth-order valence-electron chi connectivity index (χ4n) is 3.07. The van der Waals surface area contributed by atoms with Crippen molar-refractivity contribution >= 4 is 33.9 Å². The van der Waals surface area contributed by atoms with Gasteiger partial charge in [-0.15, -0.1) is 0 Å². The normalized spacial score (nSPS) is 11.1. The zero-order valence-corrected chi connectivity index (χ0v) is 15.2. The Kier molecular flexibility index (Phi) is 4.64. The van der Waals surface area contributed by atoms with E-state index in [0.717, 1.165) is 16.5 Å². The number of hydrogen-bond donors (Lipinski definition) is 1. The van der Waals surface area contributed by atoms with Gasteiger partial charge in [0.15, 0.2) is 0 Å². The Morgan fingerprint density at radius 3 is 2.67 bits per heavy atom. The molecule has 0 aliphatic rings. The molecular formula is C20H17ClN4O2. The van der Waals surface area contributed by atoms with E-state index in [1.807, 2.05) is 54.6 Å². The smallest absolute Gasteiger partial charge is 0.291 e. The highest BCUT2D eigenvalue weighted by Gasteiger charge is 2.11. The van der Waals surface area contributed by atoms with E-state index in [1.54, 1.807) is 10.7 Å². The molecule has 0 aliphatic carbocycles. The van der Waals surface area contributed by atoms with Gasteiger partial charge in [0.25, 0.3) is 5.56 Å². The molecule has 0 unspecified atom stereocenters. The average molecular weight is 381 g/mol. The minimum absolute atomic E-state index is 0.114. The topological polar surface area (TPSA) is 68.4 Å². The number of para-hydroxylation sites is 1. The van der Waals surface area contributed by atoms with Crippen molar-refractivity contribution in [2.45, 2.75) is 13.0 Å². The fraction of sp³-hybridized carbons (Fsp3) is 0.150. The summed E-state index contributed by atoms with van der Waals surface area (Å²) in [6.07, 6.45) is 2.26. The number of nitrogens with one attached hydrogen (secondary N) is 1. The van der Waals surface area contributed by atoms with Gasteiger partial charge in [-0.2, -0.15) is 5.10 Å². The Balaban J connectivity index is 1.45. The van der Waals surface area contributed by atoms with Crippen molar-refractivity contribution in [3.63, 3.8) is 0 Å². The molecule has 0 fully saturated rings. The van der Waals surface area contributed by atoms with Crippen LogP contribution >= 0.6 is 11.6 Å². The molecule has 0 aliphatic heterocycles. The molecule has 6 nitrogen and oxygen atoms in total. The van der Waals surface area contributed by atoms with Crippen LogP contribution in [0.5, 0.6) is 0 Å². The third-order valence-corrected chi connectivity index (χ3v) is 4.70. The standard InChI is InChI=1S/C20H17ClN4O2/c21-16-7-5-14(6-8-16)9-10-22-19(26)12-25-20(27)18-11-15-3-1-2-4-17(15)24(18)13-23-25/h1-8,11,13H,9-10,12H2,(H,22,26). The van der Waals surface area contributed by atoms with Gasteiger partial charge in [0.05, 0.1) is 5.52 Å². The average Bonchev–Trinajstić information content (AvgIpc) is 3.05. The molecule has 4 rings (SSSR count). The molecule has 4 aromatic rings. The summed E-state index contributed by atoms with van der Waals surface area (Å²) in [6, 6.07) is 17.0. The molecular weight excluding hydrogens is 364 g/mol. The van der Waals surface area contributed by atoms with Crippen LogP contribution in [0.15, 0.2) is 65.7 Å². The minimum Gasteiger partial charge on any atom is -0.354 e. The van der Waals surface area contributed by atoms with Crippen molar-refractivity contribution in [2.24, 2.45) is 0 Å². The molecule has 1 N–H and O–H groups in total. The summed E-state index contributed by atoms with van der Waals surface area (Å²) in [5.74, 6) is -0.251. The molecule has 136 valence electrons. The lowest BCUT2D eigenvalue weighted by atomic mass is 10.1. The Hall–Kier alpha value is -3.12. The number of hydrogen-bond acceptors (Lipinski definition) is 3. The summed E-state index contributed by atoms with van der Waals surface area (Å²) in [5, 5.41) is 8.60. The van der Waals surface area contributed by atoms with Gasteiger partial charge >= 0.3 is 0 Å². The van der Waals surface area contributed by atoms with Gasteiger partial charge < -0.3 is 5.32 Å². The first-order chi connectivity index (χ1) is 13.1. The predicted molar refractivity (Wildman–Crippen MR) is 105 cm³/mol. The number of carbonyl (C=O) groups excluding carboxylic acids is 1. The van der Waals surface area contributed by atoms with Crippen molar-refractivity contribution in [3.8, 4) is 0 Å². The molecule has 2 heterocycles. The summed E-state index contributed by atoms with van der Waals surface area (Å²) in [4.78, 5) is 24.8. The van der Waals surface area contributed by atoms with Crippen LogP contribution in [0.2, 0.25) is 5.02 Å². The van der Waals surface area contributed by atoms with Crippen LogP contribution in [-0.2, 0) is 17.8 Å². The van der Waals surface area contributed by atoms with E-state index in [9.17, 15) is 9.59 Å². The highest BCUT2D eigenvalue weighted by molar-refractivity contribution is 6.30. The second kappa shape index (κ2) is 7.25. The van der Waals surface area contributed by atoms with Crippen molar-refractivity contribution in [2.75, 3.05) is 6.54 Å². The number of benzene rings is 2. The van der Waals surface area contributed by atoms with Crippen LogP contribution in [0.4, 0.5) is 0 Å². The third kappa shape index (κ3) is 3.57. The summed E-state index contributed by atoms with van der Waals surface area (Å²) < 4.78 is 2.93. The molecule has 0 saturated carbocycles. The van der Waals surface area contributed by atoms with Crippen LogP contribution in [0, 0.1) is 0 Å². The number of fused-ring (bicyclic) bond motifs is 3. The van der Waals surface area contributed by atoms with Crippen LogP contribution in [0.3, 0.4) is 0 Å². The molecule has 2 aromatic heterocycles. The molecule has 0 bridgehead atoms. The van der Waals surface area contributed by atoms with E-state index in [1.165, 1.54) is 4.68 Å². The molecule has 7 heteroatoms. The van der Waals surface area contributed by atoms with Gasteiger partial charge in [0.2, 0.25) is 5.91 Å². The number of amides is 1. The van der Waals surface area contributed by atoms with Gasteiger partial charge in [-0.25, -0.2) is 4.68 Å². The highest BCUT2D eigenvalue weighted by atomic mass is 35.5. The summed E-state index contributed by atoms with van der Waals surface area (Å²) in [5.41, 5.74) is 2.20. The van der Waals surface area contributed by atoms with Crippen LogP contribution in [-0.4, -0.2) is 26.6 Å². The van der Waals surface area contributed by atoms with Gasteiger partial charge in [-0.3, -0.25) is 14.0 Å². The number of halogens is 1. The minimum atomic E-state index is -0.290. The first-order valence-corrected chi connectivity index (χ1v) is 8.97. The summed E-state index contributed by atoms with van der Waals surface area (Å²) in [7, 11) is 0. The quantitative estimate of drug-likeness (QED) is 0.578. The zero-order valence-electron chi connectivity index (χ0n) is 14.4. The highest BCUT2D eigenvalue weighted by Crippen LogP contribution is 2.16. The van der Waals surface area contributed by atoms with Crippen molar-refractivity contribution in [3.05, 3.63) is 81.9 Å².